The van der Waals surface area contributed by atoms with E-state index in [1.54, 1.807) is 0 Å². The summed E-state index contributed by atoms with van der Waals surface area (Å²) in [6.07, 6.45) is 61.1. The van der Waals surface area contributed by atoms with Crippen molar-refractivity contribution in [3.8, 4) is 0 Å². The minimum Gasteiger partial charge on any atom is -0.462 e. The number of hydrogen-bond acceptors (Lipinski definition) is 15. The molecule has 0 spiro atoms. The van der Waals surface area contributed by atoms with Crippen LogP contribution in [0.2, 0.25) is 0 Å². The smallest absolute Gasteiger partial charge is 0.462 e. The van der Waals surface area contributed by atoms with Gasteiger partial charge in [-0.15, -0.1) is 0 Å². The Morgan fingerprint density at radius 1 is 0.267 bits per heavy atom. The normalized spacial score (nSPS) is 14.0. The highest BCUT2D eigenvalue weighted by Crippen LogP contribution is 2.45. The second kappa shape index (κ2) is 72.3. The van der Waals surface area contributed by atoms with E-state index in [-0.39, 0.29) is 25.7 Å². The number of hydrogen-bond donors (Lipinski definition) is 3. The lowest BCUT2D eigenvalue weighted by Gasteiger charge is -2.21. The van der Waals surface area contributed by atoms with E-state index < -0.39 is 97.5 Å². The Bertz CT molecular complexity index is 1960. The molecular formula is C82H160O17P2. The molecule has 3 N–H and O–H groups in total. The topological polar surface area (TPSA) is 237 Å². The van der Waals surface area contributed by atoms with Crippen LogP contribution in [0.25, 0.3) is 0 Å². The molecule has 0 amide bonds. The SMILES string of the molecule is CCCCCCCCCCCCCCCCCC(=O)O[C@H](COC(=O)CCCCCCCCCC(C)C)COP(=O)(O)OC[C@H](O)COP(=O)(O)OC[C@@H](COC(=O)CCCCCCCCCCCCCCCCCC(C)C)OC(=O)CCCCCCCCCCCCCCCCCC(C)C. The molecule has 5 atom stereocenters. The molecule has 2 unspecified atom stereocenters. The van der Waals surface area contributed by atoms with Crippen molar-refractivity contribution >= 4 is 39.5 Å². The summed E-state index contributed by atoms with van der Waals surface area (Å²) in [4.78, 5) is 73.1. The van der Waals surface area contributed by atoms with Crippen LogP contribution in [0.15, 0.2) is 0 Å². The molecule has 19 heteroatoms. The summed E-state index contributed by atoms with van der Waals surface area (Å²) < 4.78 is 68.8. The first-order chi connectivity index (χ1) is 48.7. The van der Waals surface area contributed by atoms with Gasteiger partial charge in [0.25, 0.3) is 0 Å². The zero-order valence-electron chi connectivity index (χ0n) is 66.4. The fourth-order valence-electron chi connectivity index (χ4n) is 12.7. The average Bonchev–Trinajstić information content (AvgIpc) is 1.15. The molecule has 0 aromatic carbocycles. The van der Waals surface area contributed by atoms with E-state index in [0.717, 1.165) is 108 Å². The second-order valence-electron chi connectivity index (χ2n) is 30.9. The van der Waals surface area contributed by atoms with Crippen molar-refractivity contribution in [2.45, 2.75) is 446 Å². The number of rotatable bonds is 80. The molecule has 0 aromatic rings. The van der Waals surface area contributed by atoms with Gasteiger partial charge in [-0.3, -0.25) is 37.3 Å². The first kappa shape index (κ1) is 99.1. The lowest BCUT2D eigenvalue weighted by Crippen LogP contribution is -2.30. The molecule has 0 saturated carbocycles. The van der Waals surface area contributed by atoms with Crippen molar-refractivity contribution in [2.75, 3.05) is 39.6 Å². The van der Waals surface area contributed by atoms with Crippen molar-refractivity contribution in [2.24, 2.45) is 17.8 Å². The Morgan fingerprint density at radius 2 is 0.455 bits per heavy atom. The van der Waals surface area contributed by atoms with Crippen molar-refractivity contribution in [3.05, 3.63) is 0 Å². The Hall–Kier alpha value is -1.94. The quantitative estimate of drug-likeness (QED) is 0.0222. The highest BCUT2D eigenvalue weighted by Gasteiger charge is 2.30. The number of phosphoric acid groups is 2. The van der Waals surface area contributed by atoms with Crippen molar-refractivity contribution in [3.63, 3.8) is 0 Å². The van der Waals surface area contributed by atoms with Gasteiger partial charge in [0, 0.05) is 25.7 Å². The van der Waals surface area contributed by atoms with Gasteiger partial charge in [-0.05, 0) is 43.4 Å². The van der Waals surface area contributed by atoms with E-state index in [0.29, 0.717) is 31.6 Å². The maximum Gasteiger partial charge on any atom is 0.472 e. The molecule has 17 nitrogen and oxygen atoms in total. The van der Waals surface area contributed by atoms with E-state index in [4.69, 9.17) is 37.0 Å². The van der Waals surface area contributed by atoms with E-state index in [9.17, 15) is 43.2 Å². The molecule has 0 aliphatic rings. The summed E-state index contributed by atoms with van der Waals surface area (Å²) in [5.74, 6) is 0.205. The average molecular weight is 1480 g/mol. The molecule has 0 saturated heterocycles. The molecule has 0 aromatic heterocycles. The predicted octanol–water partition coefficient (Wildman–Crippen LogP) is 24.5. The van der Waals surface area contributed by atoms with Crippen LogP contribution in [0.1, 0.15) is 427 Å². The predicted molar refractivity (Wildman–Crippen MR) is 414 cm³/mol. The molecule has 0 radical (unpaired) electrons. The number of aliphatic hydroxyl groups is 1. The van der Waals surface area contributed by atoms with Gasteiger partial charge in [0.2, 0.25) is 0 Å². The van der Waals surface area contributed by atoms with Gasteiger partial charge in [0.1, 0.15) is 19.3 Å². The molecule has 0 bridgehead atoms. The molecule has 600 valence electrons. The van der Waals surface area contributed by atoms with Crippen LogP contribution in [0.4, 0.5) is 0 Å². The monoisotopic (exact) mass is 1480 g/mol. The largest absolute Gasteiger partial charge is 0.472 e. The van der Waals surface area contributed by atoms with E-state index in [1.165, 1.54) is 231 Å². The zero-order chi connectivity index (χ0) is 74.4. The first-order valence-corrected chi connectivity index (χ1v) is 45.3. The van der Waals surface area contributed by atoms with Gasteiger partial charge in [-0.2, -0.15) is 0 Å². The third-order valence-corrected chi connectivity index (χ3v) is 21.0. The number of carbonyl (C=O) groups excluding carboxylic acids is 4. The van der Waals surface area contributed by atoms with Crippen molar-refractivity contribution in [1.82, 2.24) is 0 Å². The fraction of sp³-hybridized carbons (Fsp3) is 0.951. The Balaban J connectivity index is 5.24. The fourth-order valence-corrected chi connectivity index (χ4v) is 14.2. The van der Waals surface area contributed by atoms with E-state index in [2.05, 4.69) is 48.5 Å². The van der Waals surface area contributed by atoms with Crippen LogP contribution in [0, 0.1) is 17.8 Å². The summed E-state index contributed by atoms with van der Waals surface area (Å²) in [6, 6.07) is 0. The van der Waals surface area contributed by atoms with Crippen LogP contribution < -0.4 is 0 Å². The van der Waals surface area contributed by atoms with Gasteiger partial charge in [-0.25, -0.2) is 9.13 Å². The van der Waals surface area contributed by atoms with Crippen molar-refractivity contribution in [1.29, 1.82) is 0 Å². The minimum absolute atomic E-state index is 0.107. The summed E-state index contributed by atoms with van der Waals surface area (Å²) in [5.41, 5.74) is 0. The van der Waals surface area contributed by atoms with Crippen LogP contribution in [-0.4, -0.2) is 96.7 Å². The van der Waals surface area contributed by atoms with Crippen LogP contribution in [0.5, 0.6) is 0 Å². The molecular weight excluding hydrogens is 1320 g/mol. The molecule has 0 heterocycles. The summed E-state index contributed by atoms with van der Waals surface area (Å²) >= 11 is 0. The number of phosphoric ester groups is 2. The van der Waals surface area contributed by atoms with E-state index >= 15 is 0 Å². The standard InChI is InChI=1S/C82H160O17P2/c1-8-9-10-11-12-13-14-15-18-26-31-36-43-51-58-65-82(87)99-78(70-93-80(85)64-57-50-45-38-41-48-55-62-75(6)7)72-97-101(90,91)95-68-76(83)67-94-100(88,89)96-71-77(98-81(86)66-59-52-44-37-32-27-22-17-20-24-29-34-40-47-54-61-74(4)5)69-92-79(84)63-56-49-42-35-30-25-21-16-19-23-28-33-39-46-53-60-73(2)3/h73-78,83H,8-72H2,1-7H3,(H,88,89)(H,90,91)/t76-,77-,78-/m1/s1. The van der Waals surface area contributed by atoms with Gasteiger partial charge >= 0.3 is 39.5 Å². The lowest BCUT2D eigenvalue weighted by atomic mass is 10.0. The highest BCUT2D eigenvalue weighted by molar-refractivity contribution is 7.47. The molecule has 0 aliphatic heterocycles. The third kappa shape index (κ3) is 76.1. The zero-order valence-corrected chi connectivity index (χ0v) is 68.2. The molecule has 101 heavy (non-hydrogen) atoms. The van der Waals surface area contributed by atoms with Crippen LogP contribution >= 0.6 is 15.6 Å². The van der Waals surface area contributed by atoms with Gasteiger partial charge < -0.3 is 33.8 Å². The van der Waals surface area contributed by atoms with E-state index in [1.807, 2.05) is 0 Å². The minimum atomic E-state index is -4.96. The Morgan fingerprint density at radius 3 is 0.673 bits per heavy atom. The van der Waals surface area contributed by atoms with Crippen LogP contribution in [0.3, 0.4) is 0 Å². The summed E-state index contributed by atoms with van der Waals surface area (Å²) in [6.45, 7) is 12.0. The Labute approximate surface area is 619 Å². The molecule has 0 rings (SSSR count). The van der Waals surface area contributed by atoms with Gasteiger partial charge in [0.05, 0.1) is 26.4 Å². The van der Waals surface area contributed by atoms with Crippen LogP contribution in [-0.2, 0) is 65.4 Å². The first-order valence-electron chi connectivity index (χ1n) is 42.3. The number of unbranched alkanes of at least 4 members (excludes halogenated alkanes) is 48. The number of ether oxygens (including phenoxy) is 4. The number of esters is 4. The number of carbonyl (C=O) groups is 4. The maximum atomic E-state index is 13.1. The van der Waals surface area contributed by atoms with Gasteiger partial charge in [0.15, 0.2) is 12.2 Å². The molecule has 0 aliphatic carbocycles. The number of aliphatic hydroxyl groups excluding tert-OH is 1. The Kier molecular flexibility index (Phi) is 70.9. The third-order valence-electron chi connectivity index (χ3n) is 19.1. The highest BCUT2D eigenvalue weighted by atomic mass is 31.2. The summed E-state index contributed by atoms with van der Waals surface area (Å²) in [7, 11) is -9.92. The second-order valence-corrected chi connectivity index (χ2v) is 33.8. The lowest BCUT2D eigenvalue weighted by molar-refractivity contribution is -0.161. The van der Waals surface area contributed by atoms with Gasteiger partial charge in [-0.1, -0.05) is 376 Å². The summed E-state index contributed by atoms with van der Waals surface area (Å²) in [5, 5.41) is 10.6. The molecule has 0 fully saturated rings. The van der Waals surface area contributed by atoms with Crippen molar-refractivity contribution < 1.29 is 80.2 Å². The maximum absolute atomic E-state index is 13.1.